The summed E-state index contributed by atoms with van der Waals surface area (Å²) < 4.78 is 12.5. The Kier molecular flexibility index (Phi) is 5.21. The number of rotatable bonds is 3. The van der Waals surface area contributed by atoms with Crippen molar-refractivity contribution in [2.24, 2.45) is 11.8 Å². The molecular weight excluding hydrogens is 230 g/mol. The first-order valence-electron chi connectivity index (χ1n) is 6.85. The summed E-state index contributed by atoms with van der Waals surface area (Å²) in [5, 5.41) is 3.69. The first-order chi connectivity index (χ1) is 7.77. The van der Waals surface area contributed by atoms with Gasteiger partial charge in [0.15, 0.2) is 0 Å². The Labute approximate surface area is 109 Å². The van der Waals surface area contributed by atoms with Crippen molar-refractivity contribution < 1.29 is 4.21 Å². The van der Waals surface area contributed by atoms with Crippen LogP contribution in [0.1, 0.15) is 53.9 Å². The van der Waals surface area contributed by atoms with Crippen molar-refractivity contribution in [3.8, 4) is 0 Å². The standard InChI is InChI=1S/C14H29NOS/c1-10(2)11-7-8-12(15-6)13(9-11)17(16)14(3,4)5/h10-13,15H,7-9H2,1-6H3. The van der Waals surface area contributed by atoms with Crippen molar-refractivity contribution in [1.29, 1.82) is 0 Å². The Morgan fingerprint density at radius 3 is 2.24 bits per heavy atom. The minimum atomic E-state index is -0.753. The molecule has 0 saturated heterocycles. The van der Waals surface area contributed by atoms with Crippen LogP contribution in [0.5, 0.6) is 0 Å². The molecule has 0 amide bonds. The summed E-state index contributed by atoms with van der Waals surface area (Å²) in [6.07, 6.45) is 3.57. The van der Waals surface area contributed by atoms with E-state index in [0.717, 1.165) is 12.3 Å². The highest BCUT2D eigenvalue weighted by molar-refractivity contribution is 7.87. The van der Waals surface area contributed by atoms with E-state index in [4.69, 9.17) is 0 Å². The zero-order valence-electron chi connectivity index (χ0n) is 12.2. The van der Waals surface area contributed by atoms with E-state index in [1.807, 2.05) is 7.05 Å². The summed E-state index contributed by atoms with van der Waals surface area (Å²) in [6.45, 7) is 10.9. The van der Waals surface area contributed by atoms with Gasteiger partial charge in [0.05, 0.1) is 5.25 Å². The van der Waals surface area contributed by atoms with Gasteiger partial charge in [-0.2, -0.15) is 0 Å². The van der Waals surface area contributed by atoms with Crippen molar-refractivity contribution in [2.75, 3.05) is 7.05 Å². The average molecular weight is 259 g/mol. The van der Waals surface area contributed by atoms with Gasteiger partial charge in [0.25, 0.3) is 0 Å². The summed E-state index contributed by atoms with van der Waals surface area (Å²) in [5.41, 5.74) is 0. The lowest BCUT2D eigenvalue weighted by Gasteiger charge is -2.39. The second kappa shape index (κ2) is 5.83. The largest absolute Gasteiger partial charge is 0.316 e. The molecule has 4 atom stereocenters. The molecule has 0 bridgehead atoms. The molecule has 1 aliphatic carbocycles. The van der Waals surface area contributed by atoms with Crippen LogP contribution in [0.2, 0.25) is 0 Å². The fraction of sp³-hybridized carbons (Fsp3) is 1.00. The van der Waals surface area contributed by atoms with E-state index < -0.39 is 10.8 Å². The van der Waals surface area contributed by atoms with Gasteiger partial charge in [0, 0.05) is 21.6 Å². The lowest BCUT2D eigenvalue weighted by Crippen LogP contribution is -2.49. The first kappa shape index (κ1) is 15.2. The van der Waals surface area contributed by atoms with Gasteiger partial charge in [-0.3, -0.25) is 4.21 Å². The van der Waals surface area contributed by atoms with Gasteiger partial charge in [0.2, 0.25) is 0 Å². The summed E-state index contributed by atoms with van der Waals surface area (Å²) in [6, 6.07) is 0.435. The fourth-order valence-electron chi connectivity index (χ4n) is 2.79. The zero-order valence-corrected chi connectivity index (χ0v) is 13.1. The number of nitrogens with one attached hydrogen (secondary N) is 1. The van der Waals surface area contributed by atoms with Crippen LogP contribution in [0, 0.1) is 11.8 Å². The van der Waals surface area contributed by atoms with E-state index in [0.29, 0.717) is 17.2 Å². The van der Waals surface area contributed by atoms with Crippen LogP contribution >= 0.6 is 0 Å². The van der Waals surface area contributed by atoms with Crippen LogP contribution in [0.3, 0.4) is 0 Å². The molecule has 102 valence electrons. The van der Waals surface area contributed by atoms with Crippen molar-refractivity contribution in [2.45, 2.75) is 69.9 Å². The van der Waals surface area contributed by atoms with Crippen molar-refractivity contribution in [1.82, 2.24) is 5.32 Å². The molecule has 0 aliphatic heterocycles. The van der Waals surface area contributed by atoms with Gasteiger partial charge in [-0.1, -0.05) is 13.8 Å². The van der Waals surface area contributed by atoms with Crippen LogP contribution < -0.4 is 5.32 Å². The molecule has 0 aromatic rings. The third kappa shape index (κ3) is 3.78. The normalized spacial score (nSPS) is 32.8. The van der Waals surface area contributed by atoms with Gasteiger partial charge in [-0.15, -0.1) is 0 Å². The van der Waals surface area contributed by atoms with Gasteiger partial charge in [-0.25, -0.2) is 0 Å². The molecule has 4 unspecified atom stereocenters. The van der Waals surface area contributed by atoms with E-state index in [1.165, 1.54) is 12.8 Å². The second-order valence-corrected chi connectivity index (χ2v) is 9.09. The van der Waals surface area contributed by atoms with Gasteiger partial charge in [-0.05, 0) is 58.9 Å². The van der Waals surface area contributed by atoms with Crippen molar-refractivity contribution in [3.05, 3.63) is 0 Å². The van der Waals surface area contributed by atoms with E-state index in [1.54, 1.807) is 0 Å². The predicted octanol–water partition coefficient (Wildman–Crippen LogP) is 2.95. The molecule has 1 aliphatic rings. The maximum atomic E-state index is 12.6. The van der Waals surface area contributed by atoms with Crippen LogP contribution in [0.25, 0.3) is 0 Å². The predicted molar refractivity (Wildman–Crippen MR) is 76.7 cm³/mol. The molecule has 0 heterocycles. The van der Waals surface area contributed by atoms with Crippen LogP contribution in [-0.4, -0.2) is 27.3 Å². The van der Waals surface area contributed by atoms with E-state index in [-0.39, 0.29) is 4.75 Å². The third-order valence-corrected chi connectivity index (χ3v) is 6.30. The van der Waals surface area contributed by atoms with Crippen molar-refractivity contribution >= 4 is 10.8 Å². The maximum Gasteiger partial charge on any atom is 0.0509 e. The van der Waals surface area contributed by atoms with Gasteiger partial charge < -0.3 is 5.32 Å². The number of hydrogen-bond acceptors (Lipinski definition) is 2. The lowest BCUT2D eigenvalue weighted by molar-refractivity contribution is 0.248. The molecule has 1 N–H and O–H groups in total. The molecule has 3 heteroatoms. The highest BCUT2D eigenvalue weighted by Gasteiger charge is 2.38. The smallest absolute Gasteiger partial charge is 0.0509 e. The zero-order chi connectivity index (χ0) is 13.2. The number of hydrogen-bond donors (Lipinski definition) is 1. The highest BCUT2D eigenvalue weighted by Crippen LogP contribution is 2.35. The Balaban J connectivity index is 2.80. The molecular formula is C14H29NOS. The Morgan fingerprint density at radius 2 is 1.82 bits per heavy atom. The quantitative estimate of drug-likeness (QED) is 0.844. The lowest BCUT2D eigenvalue weighted by atomic mass is 9.79. The van der Waals surface area contributed by atoms with Crippen LogP contribution in [0.15, 0.2) is 0 Å². The minimum absolute atomic E-state index is 0.0986. The molecule has 0 radical (unpaired) electrons. The maximum absolute atomic E-state index is 12.6. The van der Waals surface area contributed by atoms with E-state index in [2.05, 4.69) is 39.9 Å². The molecule has 0 aromatic carbocycles. The Hall–Kier alpha value is 0.110. The highest BCUT2D eigenvalue weighted by atomic mass is 32.2. The summed E-state index contributed by atoms with van der Waals surface area (Å²) in [4.78, 5) is 0. The van der Waals surface area contributed by atoms with Gasteiger partial charge in [0.1, 0.15) is 0 Å². The van der Waals surface area contributed by atoms with Crippen LogP contribution in [-0.2, 0) is 10.8 Å². The molecule has 2 nitrogen and oxygen atoms in total. The minimum Gasteiger partial charge on any atom is -0.316 e. The first-order valence-corrected chi connectivity index (χ1v) is 8.06. The molecule has 0 aromatic heterocycles. The average Bonchev–Trinajstić information content (AvgIpc) is 2.25. The van der Waals surface area contributed by atoms with Gasteiger partial charge >= 0.3 is 0 Å². The Bertz CT molecular complexity index is 270. The molecule has 1 saturated carbocycles. The summed E-state index contributed by atoms with van der Waals surface area (Å²) in [7, 11) is 1.25. The molecule has 17 heavy (non-hydrogen) atoms. The summed E-state index contributed by atoms with van der Waals surface area (Å²) >= 11 is 0. The SMILES string of the molecule is CNC1CCC(C(C)C)CC1S(=O)C(C)(C)C. The van der Waals surface area contributed by atoms with Crippen LogP contribution in [0.4, 0.5) is 0 Å². The monoisotopic (exact) mass is 259 g/mol. The Morgan fingerprint density at radius 1 is 1.24 bits per heavy atom. The second-order valence-electron chi connectivity index (χ2n) is 6.66. The molecule has 1 rings (SSSR count). The third-order valence-electron chi connectivity index (χ3n) is 4.02. The summed E-state index contributed by atoms with van der Waals surface area (Å²) in [5.74, 6) is 1.46. The van der Waals surface area contributed by atoms with E-state index in [9.17, 15) is 4.21 Å². The fourth-order valence-corrected chi connectivity index (χ4v) is 4.69. The molecule has 1 fully saturated rings. The van der Waals surface area contributed by atoms with E-state index >= 15 is 0 Å². The topological polar surface area (TPSA) is 29.1 Å². The van der Waals surface area contributed by atoms with Crippen molar-refractivity contribution in [3.63, 3.8) is 0 Å². The molecule has 0 spiro atoms.